The lowest BCUT2D eigenvalue weighted by Crippen LogP contribution is -2.49. The van der Waals surface area contributed by atoms with Crippen molar-refractivity contribution in [1.29, 1.82) is 0 Å². The van der Waals surface area contributed by atoms with E-state index in [1.807, 2.05) is 7.05 Å². The van der Waals surface area contributed by atoms with E-state index in [9.17, 15) is 0 Å². The molecule has 1 aromatic heterocycles. The number of aromatic nitrogens is 1. The Balaban J connectivity index is 0.00000110. The molecule has 0 aromatic carbocycles. The molecule has 120 valence electrons. The van der Waals surface area contributed by atoms with Crippen molar-refractivity contribution in [3.63, 3.8) is 0 Å². The second-order valence-electron chi connectivity index (χ2n) is 5.97. The van der Waals surface area contributed by atoms with Crippen molar-refractivity contribution < 1.29 is 0 Å². The zero-order valence-corrected chi connectivity index (χ0v) is 14.6. The van der Waals surface area contributed by atoms with Gasteiger partial charge in [-0.25, -0.2) is 4.98 Å². The SMILES string of the molecule is CCCN1CCC[C@@H]2Cc3nc(NC)ccc3C[C@H]21.Cl.Cl. The van der Waals surface area contributed by atoms with E-state index >= 15 is 0 Å². The van der Waals surface area contributed by atoms with Crippen LogP contribution in [-0.2, 0) is 12.8 Å². The molecule has 0 radical (unpaired) electrons. The average Bonchev–Trinajstić information content (AvgIpc) is 2.45. The van der Waals surface area contributed by atoms with Crippen LogP contribution in [0, 0.1) is 5.92 Å². The van der Waals surface area contributed by atoms with E-state index in [4.69, 9.17) is 4.98 Å². The molecule has 21 heavy (non-hydrogen) atoms. The fraction of sp³-hybridized carbons (Fsp3) is 0.688. The lowest BCUT2D eigenvalue weighted by Gasteiger charge is -2.44. The third-order valence-corrected chi connectivity index (χ3v) is 4.75. The molecule has 5 heteroatoms. The molecule has 0 unspecified atom stereocenters. The van der Waals surface area contributed by atoms with E-state index in [2.05, 4.69) is 29.3 Å². The fourth-order valence-electron chi connectivity index (χ4n) is 3.82. The maximum absolute atomic E-state index is 4.76. The van der Waals surface area contributed by atoms with Gasteiger partial charge in [-0.15, -0.1) is 24.8 Å². The molecule has 0 saturated carbocycles. The van der Waals surface area contributed by atoms with Gasteiger partial charge >= 0.3 is 0 Å². The highest BCUT2D eigenvalue weighted by molar-refractivity contribution is 5.85. The number of fused-ring (bicyclic) bond motifs is 2. The summed E-state index contributed by atoms with van der Waals surface area (Å²) in [6.45, 7) is 4.85. The number of rotatable bonds is 3. The van der Waals surface area contributed by atoms with Crippen LogP contribution in [0.4, 0.5) is 5.82 Å². The van der Waals surface area contributed by atoms with Gasteiger partial charge < -0.3 is 5.32 Å². The summed E-state index contributed by atoms with van der Waals surface area (Å²) in [5, 5.41) is 3.16. The Morgan fingerprint density at radius 2 is 2.10 bits per heavy atom. The first-order valence-electron chi connectivity index (χ1n) is 7.72. The molecule has 2 atom stereocenters. The van der Waals surface area contributed by atoms with E-state index in [0.717, 1.165) is 17.8 Å². The van der Waals surface area contributed by atoms with Crippen molar-refractivity contribution in [2.45, 2.75) is 45.1 Å². The molecule has 1 aliphatic heterocycles. The topological polar surface area (TPSA) is 28.2 Å². The van der Waals surface area contributed by atoms with Crippen LogP contribution in [0.25, 0.3) is 0 Å². The van der Waals surface area contributed by atoms with Crippen LogP contribution in [0.3, 0.4) is 0 Å². The lowest BCUT2D eigenvalue weighted by molar-refractivity contribution is 0.0846. The third-order valence-electron chi connectivity index (χ3n) is 4.75. The van der Waals surface area contributed by atoms with E-state index in [1.54, 1.807) is 0 Å². The van der Waals surface area contributed by atoms with Gasteiger partial charge in [0, 0.05) is 18.8 Å². The Morgan fingerprint density at radius 3 is 2.81 bits per heavy atom. The first-order valence-corrected chi connectivity index (χ1v) is 7.72. The molecular formula is C16H27Cl2N3. The van der Waals surface area contributed by atoms with E-state index in [1.165, 1.54) is 56.5 Å². The monoisotopic (exact) mass is 331 g/mol. The first-order chi connectivity index (χ1) is 9.31. The summed E-state index contributed by atoms with van der Waals surface area (Å²) in [4.78, 5) is 7.49. The molecule has 0 amide bonds. The molecule has 0 bridgehead atoms. The number of halogens is 2. The smallest absolute Gasteiger partial charge is 0.125 e. The summed E-state index contributed by atoms with van der Waals surface area (Å²) in [6.07, 6.45) is 6.40. The minimum Gasteiger partial charge on any atom is -0.373 e. The molecule has 1 saturated heterocycles. The molecule has 2 heterocycles. The van der Waals surface area contributed by atoms with Gasteiger partial charge in [0.2, 0.25) is 0 Å². The fourth-order valence-corrected chi connectivity index (χ4v) is 3.82. The lowest BCUT2D eigenvalue weighted by atomic mass is 9.77. The van der Waals surface area contributed by atoms with Gasteiger partial charge in [-0.05, 0) is 62.7 Å². The number of anilines is 1. The van der Waals surface area contributed by atoms with Crippen LogP contribution in [-0.4, -0.2) is 36.1 Å². The van der Waals surface area contributed by atoms with Gasteiger partial charge in [-0.3, -0.25) is 4.90 Å². The number of likely N-dealkylation sites (tertiary alicyclic amines) is 1. The Bertz CT molecular complexity index is 451. The average molecular weight is 332 g/mol. The van der Waals surface area contributed by atoms with Crippen molar-refractivity contribution in [3.05, 3.63) is 23.4 Å². The highest BCUT2D eigenvalue weighted by Crippen LogP contribution is 2.34. The molecule has 1 N–H and O–H groups in total. The van der Waals surface area contributed by atoms with Crippen LogP contribution in [0.1, 0.15) is 37.4 Å². The number of nitrogens with zero attached hydrogens (tertiary/aromatic N) is 2. The molecule has 1 aromatic rings. The van der Waals surface area contributed by atoms with Crippen molar-refractivity contribution in [3.8, 4) is 0 Å². The normalized spacial score (nSPS) is 24.1. The second kappa shape index (κ2) is 8.21. The van der Waals surface area contributed by atoms with Gasteiger partial charge in [0.1, 0.15) is 5.82 Å². The summed E-state index contributed by atoms with van der Waals surface area (Å²) >= 11 is 0. The number of hydrogen-bond donors (Lipinski definition) is 1. The Hall–Kier alpha value is -0.510. The van der Waals surface area contributed by atoms with Crippen molar-refractivity contribution in [1.82, 2.24) is 9.88 Å². The predicted octanol–water partition coefficient (Wildman–Crippen LogP) is 3.56. The molecule has 3 rings (SSSR count). The van der Waals surface area contributed by atoms with Crippen molar-refractivity contribution in [2.24, 2.45) is 5.92 Å². The second-order valence-corrected chi connectivity index (χ2v) is 5.97. The van der Waals surface area contributed by atoms with Gasteiger partial charge in [-0.2, -0.15) is 0 Å². The van der Waals surface area contributed by atoms with Crippen LogP contribution in [0.15, 0.2) is 12.1 Å². The number of hydrogen-bond acceptors (Lipinski definition) is 3. The first kappa shape index (κ1) is 18.5. The van der Waals surface area contributed by atoms with Crippen LogP contribution < -0.4 is 5.32 Å². The van der Waals surface area contributed by atoms with Crippen molar-refractivity contribution >= 4 is 30.6 Å². The van der Waals surface area contributed by atoms with Gasteiger partial charge in [0.25, 0.3) is 0 Å². The van der Waals surface area contributed by atoms with Gasteiger partial charge in [0.15, 0.2) is 0 Å². The minimum atomic E-state index is 0. The summed E-state index contributed by atoms with van der Waals surface area (Å²) in [7, 11) is 1.95. The predicted molar refractivity (Wildman–Crippen MR) is 94.1 cm³/mol. The maximum Gasteiger partial charge on any atom is 0.125 e. The quantitative estimate of drug-likeness (QED) is 0.917. The highest BCUT2D eigenvalue weighted by Gasteiger charge is 2.35. The molecule has 0 spiro atoms. The van der Waals surface area contributed by atoms with E-state index in [0.29, 0.717) is 0 Å². The minimum absolute atomic E-state index is 0. The number of nitrogens with one attached hydrogen (secondary N) is 1. The Labute approximate surface area is 140 Å². The van der Waals surface area contributed by atoms with Gasteiger partial charge in [0.05, 0.1) is 0 Å². The standard InChI is InChI=1S/C16H25N3.2ClH/c1-3-8-19-9-4-5-13-10-14-12(11-15(13)19)6-7-16(17-2)18-14;;/h6-7,13,15H,3-5,8-11H2,1-2H3,(H,17,18);2*1H/t13-,15-;;/m1../s1. The largest absolute Gasteiger partial charge is 0.373 e. The summed E-state index contributed by atoms with van der Waals surface area (Å²) in [5.41, 5.74) is 2.81. The summed E-state index contributed by atoms with van der Waals surface area (Å²) in [5.74, 6) is 1.84. The van der Waals surface area contributed by atoms with Crippen LogP contribution in [0.5, 0.6) is 0 Å². The van der Waals surface area contributed by atoms with Crippen LogP contribution >= 0.6 is 24.8 Å². The molecule has 1 fully saturated rings. The highest BCUT2D eigenvalue weighted by atomic mass is 35.5. The molecular weight excluding hydrogens is 305 g/mol. The Morgan fingerprint density at radius 1 is 1.29 bits per heavy atom. The van der Waals surface area contributed by atoms with Gasteiger partial charge in [-0.1, -0.05) is 13.0 Å². The van der Waals surface area contributed by atoms with Crippen LogP contribution in [0.2, 0.25) is 0 Å². The third kappa shape index (κ3) is 3.82. The maximum atomic E-state index is 4.76. The summed E-state index contributed by atoms with van der Waals surface area (Å²) in [6, 6.07) is 5.17. The number of pyridine rings is 1. The molecule has 3 nitrogen and oxygen atoms in total. The van der Waals surface area contributed by atoms with Crippen molar-refractivity contribution in [2.75, 3.05) is 25.5 Å². The van der Waals surface area contributed by atoms with E-state index in [-0.39, 0.29) is 24.8 Å². The Kier molecular flexibility index (Phi) is 7.25. The summed E-state index contributed by atoms with van der Waals surface area (Å²) < 4.78 is 0. The molecule has 2 aliphatic rings. The molecule has 1 aliphatic carbocycles. The zero-order valence-electron chi connectivity index (χ0n) is 13.0. The number of piperidine rings is 1. The van der Waals surface area contributed by atoms with E-state index < -0.39 is 0 Å². The zero-order chi connectivity index (χ0) is 13.2.